The number of guanidine groups is 1. The van der Waals surface area contributed by atoms with Crippen molar-refractivity contribution in [1.29, 1.82) is 0 Å². The molecule has 6 nitrogen and oxygen atoms in total. The second kappa shape index (κ2) is 10.3. The van der Waals surface area contributed by atoms with E-state index in [1.54, 1.807) is 25.6 Å². The van der Waals surface area contributed by atoms with Gasteiger partial charge in [0.15, 0.2) is 17.5 Å². The molecule has 2 aromatic rings. The van der Waals surface area contributed by atoms with Crippen molar-refractivity contribution in [2.24, 2.45) is 4.99 Å². The highest BCUT2D eigenvalue weighted by Gasteiger charge is 2.21. The summed E-state index contributed by atoms with van der Waals surface area (Å²) in [6, 6.07) is 4.16. The van der Waals surface area contributed by atoms with Crippen LogP contribution in [0.2, 0.25) is 0 Å². The Balaban J connectivity index is 0.00000280. The maximum Gasteiger partial charge on any atom is 0.194 e. The monoisotopic (exact) mass is 516 g/mol. The van der Waals surface area contributed by atoms with Crippen LogP contribution in [0, 0.1) is 0 Å². The van der Waals surface area contributed by atoms with E-state index >= 15 is 0 Å². The van der Waals surface area contributed by atoms with E-state index in [1.165, 1.54) is 16.1 Å². The summed E-state index contributed by atoms with van der Waals surface area (Å²) < 4.78 is 10.9. The fourth-order valence-corrected chi connectivity index (χ4v) is 4.07. The Bertz CT molecular complexity index is 823. The lowest BCUT2D eigenvalue weighted by Crippen LogP contribution is -2.43. The molecular formula is C20H29IN4O2S. The molecule has 0 fully saturated rings. The maximum atomic E-state index is 5.45. The molecular weight excluding hydrogens is 487 g/mol. The van der Waals surface area contributed by atoms with Crippen LogP contribution in [0.15, 0.2) is 22.5 Å². The smallest absolute Gasteiger partial charge is 0.194 e. The highest BCUT2D eigenvalue weighted by molar-refractivity contribution is 14.0. The normalized spacial score (nSPS) is 13.8. The summed E-state index contributed by atoms with van der Waals surface area (Å²) in [6.45, 7) is 6.73. The average Bonchev–Trinajstić information content (AvgIpc) is 3.16. The number of fused-ring (bicyclic) bond motifs is 1. The minimum atomic E-state index is 0. The highest BCUT2D eigenvalue weighted by Crippen LogP contribution is 2.33. The summed E-state index contributed by atoms with van der Waals surface area (Å²) in [4.78, 5) is 11.4. The molecule has 154 valence electrons. The molecule has 0 aliphatic carbocycles. The van der Waals surface area contributed by atoms with E-state index in [4.69, 9.17) is 14.5 Å². The van der Waals surface area contributed by atoms with E-state index in [-0.39, 0.29) is 24.0 Å². The Morgan fingerprint density at radius 1 is 1.25 bits per heavy atom. The molecule has 0 unspecified atom stereocenters. The minimum absolute atomic E-state index is 0. The van der Waals surface area contributed by atoms with Gasteiger partial charge in [0, 0.05) is 31.4 Å². The molecule has 0 atom stereocenters. The van der Waals surface area contributed by atoms with E-state index in [0.717, 1.165) is 42.7 Å². The first-order valence-electron chi connectivity index (χ1n) is 9.19. The lowest BCUT2D eigenvalue weighted by atomic mass is 9.99. The SMILES string of the molecule is CN=C(NCc1csc(C(C)C)n1)N1CCc2cc(OC)c(OC)cc2C1.I. The van der Waals surface area contributed by atoms with Crippen molar-refractivity contribution < 1.29 is 9.47 Å². The number of benzene rings is 1. The number of rotatable bonds is 5. The number of nitrogens with one attached hydrogen (secondary N) is 1. The van der Waals surface area contributed by atoms with Crippen molar-refractivity contribution in [3.8, 4) is 11.5 Å². The number of ether oxygens (including phenoxy) is 2. The van der Waals surface area contributed by atoms with Gasteiger partial charge in [0.25, 0.3) is 0 Å². The molecule has 28 heavy (non-hydrogen) atoms. The molecule has 2 heterocycles. The molecule has 8 heteroatoms. The van der Waals surface area contributed by atoms with Crippen LogP contribution in [-0.2, 0) is 19.5 Å². The van der Waals surface area contributed by atoms with Crippen LogP contribution in [0.3, 0.4) is 0 Å². The van der Waals surface area contributed by atoms with Crippen molar-refractivity contribution in [2.75, 3.05) is 27.8 Å². The van der Waals surface area contributed by atoms with Gasteiger partial charge in [-0.05, 0) is 29.7 Å². The minimum Gasteiger partial charge on any atom is -0.493 e. The summed E-state index contributed by atoms with van der Waals surface area (Å²) in [7, 11) is 5.17. The van der Waals surface area contributed by atoms with Crippen LogP contribution >= 0.6 is 35.3 Å². The van der Waals surface area contributed by atoms with Gasteiger partial charge in [0.05, 0.1) is 31.5 Å². The highest BCUT2D eigenvalue weighted by atomic mass is 127. The third-order valence-corrected chi connectivity index (χ3v) is 5.91. The van der Waals surface area contributed by atoms with Gasteiger partial charge in [0.1, 0.15) is 0 Å². The number of methoxy groups -OCH3 is 2. The van der Waals surface area contributed by atoms with E-state index in [2.05, 4.69) is 46.6 Å². The third kappa shape index (κ3) is 5.08. The molecule has 3 rings (SSSR count). The first kappa shape index (κ1) is 22.7. The summed E-state index contributed by atoms with van der Waals surface area (Å²) in [5, 5.41) is 6.75. The molecule has 0 amide bonds. The van der Waals surface area contributed by atoms with Crippen molar-refractivity contribution in [3.05, 3.63) is 39.3 Å². The van der Waals surface area contributed by atoms with E-state index < -0.39 is 0 Å². The Morgan fingerprint density at radius 3 is 2.50 bits per heavy atom. The van der Waals surface area contributed by atoms with Crippen molar-refractivity contribution in [1.82, 2.24) is 15.2 Å². The number of thiazole rings is 1. The lowest BCUT2D eigenvalue weighted by molar-refractivity contribution is 0.346. The largest absolute Gasteiger partial charge is 0.493 e. The van der Waals surface area contributed by atoms with Crippen molar-refractivity contribution in [2.45, 2.75) is 39.3 Å². The fraction of sp³-hybridized carbons (Fsp3) is 0.500. The van der Waals surface area contributed by atoms with Gasteiger partial charge in [-0.2, -0.15) is 0 Å². The quantitative estimate of drug-likeness (QED) is 0.370. The van der Waals surface area contributed by atoms with E-state index in [0.29, 0.717) is 12.5 Å². The number of aromatic nitrogens is 1. The molecule has 1 aromatic heterocycles. The fourth-order valence-electron chi connectivity index (χ4n) is 3.23. The van der Waals surface area contributed by atoms with Gasteiger partial charge >= 0.3 is 0 Å². The molecule has 0 bridgehead atoms. The van der Waals surface area contributed by atoms with Gasteiger partial charge < -0.3 is 19.7 Å². The Morgan fingerprint density at radius 2 is 1.93 bits per heavy atom. The molecule has 1 aliphatic rings. The maximum absolute atomic E-state index is 5.45. The Labute approximate surface area is 188 Å². The topological polar surface area (TPSA) is 59.0 Å². The average molecular weight is 516 g/mol. The van der Waals surface area contributed by atoms with Crippen LogP contribution in [0.5, 0.6) is 11.5 Å². The second-order valence-electron chi connectivity index (χ2n) is 6.88. The van der Waals surface area contributed by atoms with Crippen molar-refractivity contribution >= 4 is 41.3 Å². The second-order valence-corrected chi connectivity index (χ2v) is 7.77. The summed E-state index contributed by atoms with van der Waals surface area (Å²) in [6.07, 6.45) is 0.949. The van der Waals surface area contributed by atoms with Gasteiger partial charge in [-0.15, -0.1) is 35.3 Å². The van der Waals surface area contributed by atoms with Crippen LogP contribution in [-0.4, -0.2) is 43.7 Å². The van der Waals surface area contributed by atoms with Gasteiger partial charge in [-0.1, -0.05) is 13.8 Å². The molecule has 0 saturated carbocycles. The van der Waals surface area contributed by atoms with Crippen LogP contribution in [0.1, 0.15) is 41.6 Å². The van der Waals surface area contributed by atoms with Gasteiger partial charge in [0.2, 0.25) is 0 Å². The molecule has 1 aliphatic heterocycles. The Hall–Kier alpha value is -1.55. The van der Waals surface area contributed by atoms with E-state index in [1.807, 2.05) is 7.05 Å². The summed E-state index contributed by atoms with van der Waals surface area (Å²) in [5.41, 5.74) is 3.62. The predicted octanol–water partition coefficient (Wildman–Crippen LogP) is 4.04. The summed E-state index contributed by atoms with van der Waals surface area (Å²) >= 11 is 1.72. The summed E-state index contributed by atoms with van der Waals surface area (Å²) in [5.74, 6) is 2.92. The third-order valence-electron chi connectivity index (χ3n) is 4.72. The number of halogens is 1. The van der Waals surface area contributed by atoms with Crippen LogP contribution in [0.4, 0.5) is 0 Å². The molecule has 0 saturated heterocycles. The predicted molar refractivity (Wildman–Crippen MR) is 125 cm³/mol. The van der Waals surface area contributed by atoms with Crippen LogP contribution in [0.25, 0.3) is 0 Å². The zero-order valence-electron chi connectivity index (χ0n) is 17.1. The zero-order valence-corrected chi connectivity index (χ0v) is 20.3. The first-order valence-corrected chi connectivity index (χ1v) is 10.1. The number of nitrogens with zero attached hydrogens (tertiary/aromatic N) is 3. The standard InChI is InChI=1S/C20H28N4O2S.HI/c1-13(2)19-23-16(12-27-19)10-22-20(21-3)24-7-6-14-8-17(25-4)18(26-5)9-15(14)11-24;/h8-9,12-13H,6-7,10-11H2,1-5H3,(H,21,22);1H. The Kier molecular flexibility index (Phi) is 8.36. The molecule has 0 radical (unpaired) electrons. The van der Waals surface area contributed by atoms with Crippen molar-refractivity contribution in [3.63, 3.8) is 0 Å². The van der Waals surface area contributed by atoms with Gasteiger partial charge in [-0.25, -0.2) is 4.98 Å². The first-order chi connectivity index (χ1) is 13.0. The lowest BCUT2D eigenvalue weighted by Gasteiger charge is -2.32. The molecule has 1 N–H and O–H groups in total. The van der Waals surface area contributed by atoms with E-state index in [9.17, 15) is 0 Å². The number of hydrogen-bond donors (Lipinski definition) is 1. The molecule has 0 spiro atoms. The zero-order chi connectivity index (χ0) is 19.4. The number of aliphatic imine (C=N–C) groups is 1. The molecule has 1 aromatic carbocycles. The van der Waals surface area contributed by atoms with Gasteiger partial charge in [-0.3, -0.25) is 4.99 Å². The number of hydrogen-bond acceptors (Lipinski definition) is 5. The van der Waals surface area contributed by atoms with Crippen LogP contribution < -0.4 is 14.8 Å².